The maximum absolute atomic E-state index is 14.1. The number of hydrogen-bond donors (Lipinski definition) is 3. The number of aliphatic hydroxyl groups is 1. The van der Waals surface area contributed by atoms with E-state index in [1.807, 2.05) is 20.8 Å². The molecule has 10 nitrogen and oxygen atoms in total. The van der Waals surface area contributed by atoms with Crippen molar-refractivity contribution in [2.24, 2.45) is 11.8 Å². The fraction of sp³-hybridized carbons (Fsp3) is 0.382. The van der Waals surface area contributed by atoms with Gasteiger partial charge in [0, 0.05) is 12.3 Å². The van der Waals surface area contributed by atoms with Crippen molar-refractivity contribution in [2.45, 2.75) is 51.7 Å². The maximum Gasteiger partial charge on any atom is 0.235 e. The summed E-state index contributed by atoms with van der Waals surface area (Å²) in [6.07, 6.45) is -0.555. The van der Waals surface area contributed by atoms with E-state index < -0.39 is 47.4 Å². The Hall–Kier alpha value is -4.57. The Balaban J connectivity index is 1.86. The van der Waals surface area contributed by atoms with E-state index >= 15 is 0 Å². The third-order valence-electron chi connectivity index (χ3n) is 7.58. The molecule has 1 aliphatic carbocycles. The molecular formula is C34H40N2O8. The first-order valence-corrected chi connectivity index (χ1v) is 14.6. The van der Waals surface area contributed by atoms with Crippen LogP contribution in [0.2, 0.25) is 0 Å². The Labute approximate surface area is 257 Å². The minimum absolute atomic E-state index is 0.143. The Morgan fingerprint density at radius 3 is 2.00 bits per heavy atom. The molecule has 44 heavy (non-hydrogen) atoms. The molecule has 0 aromatic heterocycles. The molecular weight excluding hydrogens is 564 g/mol. The van der Waals surface area contributed by atoms with Gasteiger partial charge in [-0.25, -0.2) is 0 Å². The van der Waals surface area contributed by atoms with Crippen LogP contribution in [0.3, 0.4) is 0 Å². The summed E-state index contributed by atoms with van der Waals surface area (Å²) in [6, 6.07) is 18.8. The molecule has 2 amide bonds. The van der Waals surface area contributed by atoms with Crippen molar-refractivity contribution in [1.29, 1.82) is 0 Å². The van der Waals surface area contributed by atoms with Crippen molar-refractivity contribution < 1.29 is 38.4 Å². The molecule has 4 rings (SSSR count). The van der Waals surface area contributed by atoms with E-state index in [0.29, 0.717) is 46.5 Å². The summed E-state index contributed by atoms with van der Waals surface area (Å²) in [4.78, 5) is 41.9. The number of para-hydroxylation sites is 4. The van der Waals surface area contributed by atoms with Crippen LogP contribution in [0.5, 0.6) is 23.0 Å². The lowest BCUT2D eigenvalue weighted by Gasteiger charge is -2.44. The zero-order valence-electron chi connectivity index (χ0n) is 25.9. The first-order chi connectivity index (χ1) is 21.0. The molecule has 0 saturated heterocycles. The second kappa shape index (κ2) is 13.8. The van der Waals surface area contributed by atoms with Gasteiger partial charge in [0.15, 0.2) is 11.5 Å². The van der Waals surface area contributed by atoms with E-state index in [9.17, 15) is 19.5 Å². The van der Waals surface area contributed by atoms with E-state index in [1.54, 1.807) is 66.7 Å². The van der Waals surface area contributed by atoms with Crippen molar-refractivity contribution >= 4 is 29.0 Å². The van der Waals surface area contributed by atoms with Gasteiger partial charge in [0.1, 0.15) is 23.2 Å². The lowest BCUT2D eigenvalue weighted by Crippen LogP contribution is -2.56. The number of amides is 2. The fourth-order valence-electron chi connectivity index (χ4n) is 5.76. The van der Waals surface area contributed by atoms with Crippen molar-refractivity contribution in [3.8, 4) is 23.0 Å². The van der Waals surface area contributed by atoms with E-state index in [2.05, 4.69) is 10.6 Å². The van der Waals surface area contributed by atoms with Crippen LogP contribution in [0.1, 0.15) is 45.6 Å². The quantitative estimate of drug-likeness (QED) is 0.254. The number of methoxy groups -OCH3 is 2. The van der Waals surface area contributed by atoms with Crippen LogP contribution in [-0.4, -0.2) is 55.2 Å². The number of hydrogen-bond acceptors (Lipinski definition) is 8. The average Bonchev–Trinajstić information content (AvgIpc) is 2.97. The number of ketones is 1. The summed E-state index contributed by atoms with van der Waals surface area (Å²) in [5.74, 6) is -3.66. The van der Waals surface area contributed by atoms with Crippen LogP contribution in [-0.2, 0) is 14.4 Å². The molecule has 1 saturated carbocycles. The second-order valence-corrected chi connectivity index (χ2v) is 11.2. The molecule has 10 heteroatoms. The number of ether oxygens (including phenoxy) is 4. The first kappa shape index (κ1) is 32.3. The highest BCUT2D eigenvalue weighted by molar-refractivity contribution is 6.11. The van der Waals surface area contributed by atoms with Gasteiger partial charge in [0.25, 0.3) is 0 Å². The SMILES string of the molecule is CCOc1cc(C2C(C(=O)Nc3ccccc3OC)C(=O)CC(C)(O)C2C(=O)Nc2ccccc2OC)ccc1OC(C)C. The zero-order valence-corrected chi connectivity index (χ0v) is 25.9. The molecule has 4 atom stereocenters. The molecule has 234 valence electrons. The topological polar surface area (TPSA) is 132 Å². The van der Waals surface area contributed by atoms with Crippen molar-refractivity contribution in [3.63, 3.8) is 0 Å². The molecule has 3 aromatic carbocycles. The van der Waals surface area contributed by atoms with E-state index in [4.69, 9.17) is 18.9 Å². The lowest BCUT2D eigenvalue weighted by molar-refractivity contribution is -0.150. The second-order valence-electron chi connectivity index (χ2n) is 11.2. The van der Waals surface area contributed by atoms with Crippen molar-refractivity contribution in [2.75, 3.05) is 31.5 Å². The molecule has 0 aliphatic heterocycles. The fourth-order valence-corrected chi connectivity index (χ4v) is 5.76. The normalized spacial score (nSPS) is 21.4. The predicted octanol–water partition coefficient (Wildman–Crippen LogP) is 5.21. The van der Waals surface area contributed by atoms with Crippen LogP contribution in [0.15, 0.2) is 66.7 Å². The van der Waals surface area contributed by atoms with Gasteiger partial charge in [-0.1, -0.05) is 30.3 Å². The Bertz CT molecular complexity index is 1500. The van der Waals surface area contributed by atoms with Crippen molar-refractivity contribution in [1.82, 2.24) is 0 Å². The number of Topliss-reactive ketones (excluding diaryl/α,β-unsaturated/α-hetero) is 1. The van der Waals surface area contributed by atoms with Crippen LogP contribution in [0.25, 0.3) is 0 Å². The van der Waals surface area contributed by atoms with E-state index in [0.717, 1.165) is 0 Å². The number of nitrogens with one attached hydrogen (secondary N) is 2. The molecule has 0 bridgehead atoms. The van der Waals surface area contributed by atoms with Crippen molar-refractivity contribution in [3.05, 3.63) is 72.3 Å². The summed E-state index contributed by atoms with van der Waals surface area (Å²) in [5.41, 5.74) is -0.585. The van der Waals surface area contributed by atoms with E-state index in [1.165, 1.54) is 21.1 Å². The Morgan fingerprint density at radius 2 is 1.45 bits per heavy atom. The molecule has 0 heterocycles. The molecule has 3 N–H and O–H groups in total. The van der Waals surface area contributed by atoms with Gasteiger partial charge >= 0.3 is 0 Å². The molecule has 1 fully saturated rings. The predicted molar refractivity (Wildman–Crippen MR) is 167 cm³/mol. The van der Waals surface area contributed by atoms with Crippen LogP contribution >= 0.6 is 0 Å². The molecule has 0 spiro atoms. The highest BCUT2D eigenvalue weighted by atomic mass is 16.5. The monoisotopic (exact) mass is 604 g/mol. The smallest absolute Gasteiger partial charge is 0.235 e. The summed E-state index contributed by atoms with van der Waals surface area (Å²) < 4.78 is 22.6. The average molecular weight is 605 g/mol. The van der Waals surface area contributed by atoms with Gasteiger partial charge in [0.05, 0.1) is 49.8 Å². The largest absolute Gasteiger partial charge is 0.495 e. The van der Waals surface area contributed by atoms with Gasteiger partial charge in [-0.15, -0.1) is 0 Å². The number of benzene rings is 3. The molecule has 3 aromatic rings. The summed E-state index contributed by atoms with van der Waals surface area (Å²) >= 11 is 0. The summed E-state index contributed by atoms with van der Waals surface area (Å²) in [7, 11) is 2.96. The van der Waals surface area contributed by atoms with Crippen LogP contribution < -0.4 is 29.6 Å². The van der Waals surface area contributed by atoms with Gasteiger partial charge < -0.3 is 34.7 Å². The summed E-state index contributed by atoms with van der Waals surface area (Å²) in [6.45, 7) is 7.37. The highest BCUT2D eigenvalue weighted by Crippen LogP contribution is 2.48. The van der Waals surface area contributed by atoms with Gasteiger partial charge in [-0.05, 0) is 69.7 Å². The van der Waals surface area contributed by atoms with Gasteiger partial charge in [-0.3, -0.25) is 14.4 Å². The molecule has 1 aliphatic rings. The Kier molecular flexibility index (Phi) is 10.2. The minimum atomic E-state index is -1.80. The lowest BCUT2D eigenvalue weighted by atomic mass is 9.61. The summed E-state index contributed by atoms with van der Waals surface area (Å²) in [5, 5.41) is 17.4. The minimum Gasteiger partial charge on any atom is -0.495 e. The third kappa shape index (κ3) is 6.97. The highest BCUT2D eigenvalue weighted by Gasteiger charge is 2.56. The van der Waals surface area contributed by atoms with Gasteiger partial charge in [0.2, 0.25) is 11.8 Å². The van der Waals surface area contributed by atoms with Gasteiger partial charge in [-0.2, -0.15) is 0 Å². The molecule has 0 radical (unpaired) electrons. The number of anilines is 2. The van der Waals surface area contributed by atoms with Crippen LogP contribution in [0.4, 0.5) is 11.4 Å². The standard InChI is InChI=1S/C34H40N2O8/c1-7-43-28-18-21(16-17-27(28)44-20(2)3)29-30(32(38)35-22-12-8-10-14-25(22)41-5)24(37)19-34(4,40)31(29)33(39)36-23-13-9-11-15-26(23)42-6/h8-18,20,29-31,40H,7,19H2,1-6H3,(H,35,38)(H,36,39). The number of carbonyl (C=O) groups excluding carboxylic acids is 3. The molecule has 4 unspecified atom stereocenters. The number of carbonyl (C=O) groups is 3. The first-order valence-electron chi connectivity index (χ1n) is 14.6. The Morgan fingerprint density at radius 1 is 0.886 bits per heavy atom. The zero-order chi connectivity index (χ0) is 32.0. The van der Waals surface area contributed by atoms with Crippen LogP contribution in [0, 0.1) is 11.8 Å². The maximum atomic E-state index is 14.1. The van der Waals surface area contributed by atoms with E-state index in [-0.39, 0.29) is 6.10 Å². The number of rotatable bonds is 11. The third-order valence-corrected chi connectivity index (χ3v) is 7.58.